The fourth-order valence-corrected chi connectivity index (χ4v) is 6.27. The van der Waals surface area contributed by atoms with Gasteiger partial charge in [-0.25, -0.2) is 0 Å². The molecule has 0 radical (unpaired) electrons. The van der Waals surface area contributed by atoms with Gasteiger partial charge in [-0.1, -0.05) is 31.5 Å². The van der Waals surface area contributed by atoms with Gasteiger partial charge in [0.1, 0.15) is 5.41 Å². The zero-order valence-corrected chi connectivity index (χ0v) is 15.0. The van der Waals surface area contributed by atoms with Crippen LogP contribution in [0.1, 0.15) is 37.4 Å². The van der Waals surface area contributed by atoms with Crippen molar-refractivity contribution in [1.29, 1.82) is 0 Å². The SMILES string of the molecule is CC[C@H]1C[C@@H]2CN3CCc4c([nH]c5ccccc45)C(C(=O)OC)(C2)C13. The lowest BCUT2D eigenvalue weighted by Crippen LogP contribution is -2.67. The minimum absolute atomic E-state index is 0.0416. The highest BCUT2D eigenvalue weighted by molar-refractivity contribution is 5.91. The summed E-state index contributed by atoms with van der Waals surface area (Å²) in [5.74, 6) is 1.12. The number of aromatic amines is 1. The van der Waals surface area contributed by atoms with Crippen LogP contribution in [-0.4, -0.2) is 42.1 Å². The van der Waals surface area contributed by atoms with Gasteiger partial charge in [-0.05, 0) is 42.7 Å². The van der Waals surface area contributed by atoms with Crippen molar-refractivity contribution >= 4 is 16.9 Å². The number of nitrogens with zero attached hydrogens (tertiary/aromatic N) is 1. The molecule has 25 heavy (non-hydrogen) atoms. The second-order valence-electron chi connectivity index (χ2n) is 8.15. The molecule has 1 aromatic carbocycles. The molecule has 0 amide bonds. The van der Waals surface area contributed by atoms with Crippen LogP contribution in [-0.2, 0) is 21.4 Å². The lowest BCUT2D eigenvalue weighted by atomic mass is 9.56. The van der Waals surface area contributed by atoms with E-state index < -0.39 is 5.41 Å². The summed E-state index contributed by atoms with van der Waals surface area (Å²) in [6, 6.07) is 8.75. The van der Waals surface area contributed by atoms with Gasteiger partial charge in [-0.2, -0.15) is 0 Å². The van der Waals surface area contributed by atoms with Gasteiger partial charge >= 0.3 is 5.97 Å². The molecule has 4 bridgehead atoms. The lowest BCUT2D eigenvalue weighted by molar-refractivity contribution is -0.162. The van der Waals surface area contributed by atoms with Crippen LogP contribution in [0.5, 0.6) is 0 Å². The molecule has 2 aromatic rings. The van der Waals surface area contributed by atoms with Crippen LogP contribution in [0.3, 0.4) is 0 Å². The molecule has 4 nitrogen and oxygen atoms in total. The van der Waals surface area contributed by atoms with Crippen molar-refractivity contribution in [1.82, 2.24) is 9.88 Å². The van der Waals surface area contributed by atoms with Gasteiger partial charge in [0, 0.05) is 35.7 Å². The second kappa shape index (κ2) is 5.34. The van der Waals surface area contributed by atoms with Crippen molar-refractivity contribution in [2.24, 2.45) is 11.8 Å². The van der Waals surface area contributed by atoms with Crippen molar-refractivity contribution in [3.05, 3.63) is 35.5 Å². The van der Waals surface area contributed by atoms with E-state index in [1.165, 1.54) is 17.4 Å². The van der Waals surface area contributed by atoms with Crippen LogP contribution >= 0.6 is 0 Å². The van der Waals surface area contributed by atoms with Gasteiger partial charge in [0.05, 0.1) is 7.11 Å². The average Bonchev–Trinajstić information content (AvgIpc) is 3.00. The number of para-hydroxylation sites is 1. The molecule has 5 atom stereocenters. The Morgan fingerprint density at radius 3 is 3.04 bits per heavy atom. The molecule has 1 aliphatic carbocycles. The van der Waals surface area contributed by atoms with E-state index in [4.69, 9.17) is 4.74 Å². The monoisotopic (exact) mass is 338 g/mol. The minimum Gasteiger partial charge on any atom is -0.468 e. The molecule has 1 aromatic heterocycles. The molecule has 3 aliphatic heterocycles. The van der Waals surface area contributed by atoms with Crippen molar-refractivity contribution in [2.75, 3.05) is 20.2 Å². The number of fused-ring (bicyclic) bond motifs is 4. The van der Waals surface area contributed by atoms with Crippen LogP contribution in [0.4, 0.5) is 0 Å². The first-order chi connectivity index (χ1) is 12.2. The fraction of sp³-hybridized carbons (Fsp3) is 0.571. The van der Waals surface area contributed by atoms with E-state index in [9.17, 15) is 4.79 Å². The lowest BCUT2D eigenvalue weighted by Gasteiger charge is -2.57. The average molecular weight is 338 g/mol. The molecule has 0 spiro atoms. The summed E-state index contributed by atoms with van der Waals surface area (Å²) < 4.78 is 5.43. The highest BCUT2D eigenvalue weighted by Gasteiger charge is 2.62. The molecular formula is C21H26N2O2. The predicted octanol–water partition coefficient (Wildman–Crippen LogP) is 3.26. The molecule has 132 valence electrons. The van der Waals surface area contributed by atoms with Gasteiger partial charge in [0.15, 0.2) is 0 Å². The van der Waals surface area contributed by atoms with Crippen molar-refractivity contribution in [3.8, 4) is 0 Å². The molecule has 6 rings (SSSR count). The number of H-pyrrole nitrogens is 1. The first-order valence-electron chi connectivity index (χ1n) is 9.61. The first kappa shape index (κ1) is 15.4. The van der Waals surface area contributed by atoms with Crippen LogP contribution in [0.15, 0.2) is 24.3 Å². The Labute approximate surface area is 148 Å². The summed E-state index contributed by atoms with van der Waals surface area (Å²) in [4.78, 5) is 19.5. The van der Waals surface area contributed by atoms with E-state index in [-0.39, 0.29) is 12.0 Å². The molecule has 1 saturated carbocycles. The number of ether oxygens (including phenoxy) is 1. The number of nitrogens with one attached hydrogen (secondary N) is 1. The topological polar surface area (TPSA) is 45.3 Å². The number of rotatable bonds is 2. The number of carbonyl (C=O) groups excluding carboxylic acids is 1. The van der Waals surface area contributed by atoms with Crippen molar-refractivity contribution in [3.63, 3.8) is 0 Å². The summed E-state index contributed by atoms with van der Waals surface area (Å²) in [6.07, 6.45) is 4.33. The van der Waals surface area contributed by atoms with Crippen LogP contribution in [0.2, 0.25) is 0 Å². The van der Waals surface area contributed by atoms with E-state index in [0.717, 1.165) is 43.6 Å². The predicted molar refractivity (Wildman–Crippen MR) is 97.6 cm³/mol. The summed E-state index contributed by atoms with van der Waals surface area (Å²) in [7, 11) is 1.55. The number of hydrogen-bond donors (Lipinski definition) is 1. The second-order valence-corrected chi connectivity index (χ2v) is 8.15. The van der Waals surface area contributed by atoms with Gasteiger partial charge < -0.3 is 9.72 Å². The maximum absolute atomic E-state index is 13.3. The van der Waals surface area contributed by atoms with E-state index in [1.54, 1.807) is 7.11 Å². The largest absolute Gasteiger partial charge is 0.468 e. The van der Waals surface area contributed by atoms with E-state index in [2.05, 4.69) is 41.1 Å². The molecule has 3 fully saturated rings. The Morgan fingerprint density at radius 2 is 2.24 bits per heavy atom. The van der Waals surface area contributed by atoms with Crippen LogP contribution in [0.25, 0.3) is 10.9 Å². The Morgan fingerprint density at radius 1 is 1.40 bits per heavy atom. The number of hydrogen-bond acceptors (Lipinski definition) is 3. The third-order valence-corrected chi connectivity index (χ3v) is 7.07. The van der Waals surface area contributed by atoms with Crippen LogP contribution < -0.4 is 0 Å². The fourth-order valence-electron chi connectivity index (χ4n) is 6.27. The number of methoxy groups -OCH3 is 1. The van der Waals surface area contributed by atoms with Gasteiger partial charge in [0.25, 0.3) is 0 Å². The van der Waals surface area contributed by atoms with Gasteiger partial charge in [-0.3, -0.25) is 9.69 Å². The van der Waals surface area contributed by atoms with Crippen molar-refractivity contribution < 1.29 is 9.53 Å². The standard InChI is InChI=1S/C21H26N2O2/c1-3-14-10-13-11-21(20(24)25-2)18-16(8-9-23(12-13)19(14)21)15-6-4-5-7-17(15)22-18/h4-7,13-14,19,22H,3,8-12H2,1-2H3/t13-,14-,19?,21?/m0/s1. The summed E-state index contributed by atoms with van der Waals surface area (Å²) in [5.41, 5.74) is 3.11. The van der Waals surface area contributed by atoms with Gasteiger partial charge in [-0.15, -0.1) is 0 Å². The number of esters is 1. The smallest absolute Gasteiger partial charge is 0.319 e. The quantitative estimate of drug-likeness (QED) is 0.855. The summed E-state index contributed by atoms with van der Waals surface area (Å²) in [6.45, 7) is 4.46. The highest BCUT2D eigenvalue weighted by Crippen LogP contribution is 2.55. The number of piperidine rings is 2. The molecule has 3 unspecified atom stereocenters. The van der Waals surface area contributed by atoms with Gasteiger partial charge in [0.2, 0.25) is 0 Å². The van der Waals surface area contributed by atoms with Crippen molar-refractivity contribution in [2.45, 2.75) is 44.1 Å². The van der Waals surface area contributed by atoms with E-state index in [0.29, 0.717) is 11.8 Å². The Balaban J connectivity index is 1.81. The molecule has 2 saturated heterocycles. The Hall–Kier alpha value is -1.81. The highest BCUT2D eigenvalue weighted by atomic mass is 16.5. The maximum Gasteiger partial charge on any atom is 0.319 e. The molecular weight excluding hydrogens is 312 g/mol. The minimum atomic E-state index is -0.526. The first-order valence-corrected chi connectivity index (χ1v) is 9.61. The number of carbonyl (C=O) groups is 1. The Kier molecular flexibility index (Phi) is 3.30. The molecule has 4 heteroatoms. The number of aromatic nitrogens is 1. The third kappa shape index (κ3) is 1.89. The van der Waals surface area contributed by atoms with E-state index >= 15 is 0 Å². The third-order valence-electron chi connectivity index (χ3n) is 7.07. The van der Waals surface area contributed by atoms with E-state index in [1.807, 2.05) is 0 Å². The maximum atomic E-state index is 13.3. The number of benzene rings is 1. The summed E-state index contributed by atoms with van der Waals surface area (Å²) >= 11 is 0. The molecule has 4 heterocycles. The molecule has 4 aliphatic rings. The van der Waals surface area contributed by atoms with Crippen LogP contribution in [0, 0.1) is 11.8 Å². The normalized spacial score (nSPS) is 36.1. The summed E-state index contributed by atoms with van der Waals surface area (Å²) in [5, 5.41) is 1.28. The Bertz CT molecular complexity index is 842. The molecule has 1 N–H and O–H groups in total. The zero-order chi connectivity index (χ0) is 17.2. The zero-order valence-electron chi connectivity index (χ0n) is 15.0.